The Morgan fingerprint density at radius 2 is 1.49 bits per heavy atom. The van der Waals surface area contributed by atoms with Gasteiger partial charge in [-0.3, -0.25) is 0 Å². The molecule has 1 fully saturated rings. The molecule has 2 aromatic carbocycles. The standard InChI is InChI=1S/C25H32O10/c1-12(8-14-4-6-16(26)17(27)10-14)13(2)9-15-5-7-18(33-3)19(11-15)34-25-22(30)20(28)21(29)23(35-25)24(31)32/h4-7,10-13,20-23,25-30H,8-9H2,1-3H3,(H,31,32)/t12-,13+,20-,21-,22+,23-,25+/m0/s1. The molecule has 1 heterocycles. The highest BCUT2D eigenvalue weighted by molar-refractivity contribution is 5.73. The summed E-state index contributed by atoms with van der Waals surface area (Å²) in [4.78, 5) is 11.4. The van der Waals surface area contributed by atoms with Crippen molar-refractivity contribution >= 4 is 5.97 Å². The Balaban J connectivity index is 1.73. The number of aromatic hydroxyl groups is 2. The lowest BCUT2D eigenvalue weighted by atomic mass is 9.85. The number of phenols is 2. The zero-order valence-electron chi connectivity index (χ0n) is 19.7. The quantitative estimate of drug-likeness (QED) is 0.282. The maximum absolute atomic E-state index is 11.4. The van der Waals surface area contributed by atoms with Crippen molar-refractivity contribution in [3.05, 3.63) is 47.5 Å². The van der Waals surface area contributed by atoms with Crippen molar-refractivity contribution in [3.8, 4) is 23.0 Å². The number of aliphatic hydroxyl groups excluding tert-OH is 3. The number of aliphatic carboxylic acids is 1. The highest BCUT2D eigenvalue weighted by Gasteiger charge is 2.48. The van der Waals surface area contributed by atoms with Gasteiger partial charge in [0, 0.05) is 0 Å². The molecule has 0 radical (unpaired) electrons. The van der Waals surface area contributed by atoms with E-state index in [9.17, 15) is 35.4 Å². The number of hydrogen-bond donors (Lipinski definition) is 6. The average Bonchev–Trinajstić information content (AvgIpc) is 2.81. The van der Waals surface area contributed by atoms with E-state index in [4.69, 9.17) is 14.2 Å². The lowest BCUT2D eigenvalue weighted by Crippen LogP contribution is -2.61. The highest BCUT2D eigenvalue weighted by atomic mass is 16.7. The van der Waals surface area contributed by atoms with Crippen LogP contribution in [0.5, 0.6) is 23.0 Å². The largest absolute Gasteiger partial charge is 0.504 e. The Morgan fingerprint density at radius 1 is 0.886 bits per heavy atom. The summed E-state index contributed by atoms with van der Waals surface area (Å²) in [5, 5.41) is 58.7. The number of carboxylic acids is 1. The predicted molar refractivity (Wildman–Crippen MR) is 123 cm³/mol. The van der Waals surface area contributed by atoms with E-state index in [0.29, 0.717) is 18.6 Å². The summed E-state index contributed by atoms with van der Waals surface area (Å²) in [6.07, 6.45) is -7.25. The van der Waals surface area contributed by atoms with Crippen molar-refractivity contribution in [3.63, 3.8) is 0 Å². The van der Waals surface area contributed by atoms with Crippen molar-refractivity contribution in [1.29, 1.82) is 0 Å². The van der Waals surface area contributed by atoms with Gasteiger partial charge in [-0.25, -0.2) is 4.79 Å². The van der Waals surface area contributed by atoms with Gasteiger partial charge in [-0.2, -0.15) is 0 Å². The number of carbonyl (C=O) groups is 1. The van der Waals surface area contributed by atoms with Crippen LogP contribution in [0.3, 0.4) is 0 Å². The summed E-state index contributed by atoms with van der Waals surface area (Å²) in [5.74, 6) is -0.887. The van der Waals surface area contributed by atoms with Crippen LogP contribution in [0.15, 0.2) is 36.4 Å². The molecular formula is C25H32O10. The molecular weight excluding hydrogens is 460 g/mol. The van der Waals surface area contributed by atoms with Crippen molar-refractivity contribution in [1.82, 2.24) is 0 Å². The van der Waals surface area contributed by atoms with Gasteiger partial charge in [0.25, 0.3) is 0 Å². The molecule has 0 amide bonds. The number of benzene rings is 2. The Hall–Kier alpha value is -3.05. The van der Waals surface area contributed by atoms with Crippen LogP contribution >= 0.6 is 0 Å². The van der Waals surface area contributed by atoms with Gasteiger partial charge >= 0.3 is 5.97 Å². The molecule has 7 atom stereocenters. The summed E-state index contributed by atoms with van der Waals surface area (Å²) in [7, 11) is 1.43. The number of ether oxygens (including phenoxy) is 3. The van der Waals surface area contributed by atoms with Gasteiger partial charge in [-0.05, 0) is 60.1 Å². The Morgan fingerprint density at radius 3 is 2.06 bits per heavy atom. The number of methoxy groups -OCH3 is 1. The van der Waals surface area contributed by atoms with E-state index in [1.807, 2.05) is 6.07 Å². The zero-order valence-corrected chi connectivity index (χ0v) is 19.7. The molecule has 0 aromatic heterocycles. The molecule has 3 rings (SSSR count). The number of phenolic OH excluding ortho intramolecular Hbond substituents is 2. The summed E-state index contributed by atoms with van der Waals surface area (Å²) in [5.41, 5.74) is 1.78. The van der Waals surface area contributed by atoms with Crippen molar-refractivity contribution < 1.29 is 49.6 Å². The maximum atomic E-state index is 11.4. The molecule has 35 heavy (non-hydrogen) atoms. The second-order valence-corrected chi connectivity index (χ2v) is 9.02. The predicted octanol–water partition coefficient (Wildman–Crippen LogP) is 1.43. The topological polar surface area (TPSA) is 166 Å². The van der Waals surface area contributed by atoms with E-state index in [0.717, 1.165) is 11.1 Å². The number of rotatable bonds is 9. The third-order valence-corrected chi connectivity index (χ3v) is 6.41. The molecule has 1 aliphatic heterocycles. The summed E-state index contributed by atoms with van der Waals surface area (Å²) in [6.45, 7) is 4.17. The maximum Gasteiger partial charge on any atom is 0.335 e. The molecule has 10 nitrogen and oxygen atoms in total. The third kappa shape index (κ3) is 6.15. The van der Waals surface area contributed by atoms with E-state index in [2.05, 4.69) is 13.8 Å². The van der Waals surface area contributed by atoms with E-state index < -0.39 is 36.7 Å². The minimum Gasteiger partial charge on any atom is -0.504 e. The second kappa shape index (κ2) is 11.1. The van der Waals surface area contributed by atoms with Crippen LogP contribution in [-0.2, 0) is 22.4 Å². The van der Waals surface area contributed by atoms with Gasteiger partial charge in [0.1, 0.15) is 18.3 Å². The molecule has 0 aliphatic carbocycles. The molecule has 0 spiro atoms. The molecule has 10 heteroatoms. The molecule has 6 N–H and O–H groups in total. The van der Waals surface area contributed by atoms with E-state index in [1.54, 1.807) is 24.3 Å². The van der Waals surface area contributed by atoms with Crippen LogP contribution in [-0.4, -0.2) is 74.4 Å². The smallest absolute Gasteiger partial charge is 0.335 e. The monoisotopic (exact) mass is 492 g/mol. The first-order valence-corrected chi connectivity index (χ1v) is 11.3. The number of hydrogen-bond acceptors (Lipinski definition) is 9. The van der Waals surface area contributed by atoms with Crippen molar-refractivity contribution in [2.75, 3.05) is 7.11 Å². The fourth-order valence-electron chi connectivity index (χ4n) is 4.06. The Bertz CT molecular complexity index is 1030. The van der Waals surface area contributed by atoms with Crippen LogP contribution in [0.25, 0.3) is 0 Å². The van der Waals surface area contributed by atoms with E-state index >= 15 is 0 Å². The van der Waals surface area contributed by atoms with E-state index in [1.165, 1.54) is 13.2 Å². The molecule has 1 aliphatic rings. The van der Waals surface area contributed by atoms with E-state index in [-0.39, 0.29) is 29.1 Å². The Kier molecular flexibility index (Phi) is 8.44. The van der Waals surface area contributed by atoms with Crippen LogP contribution in [0.2, 0.25) is 0 Å². The fourth-order valence-corrected chi connectivity index (χ4v) is 4.06. The first-order valence-electron chi connectivity index (χ1n) is 11.3. The van der Waals surface area contributed by atoms with Crippen LogP contribution in [0.1, 0.15) is 25.0 Å². The van der Waals surface area contributed by atoms with Crippen molar-refractivity contribution in [2.24, 2.45) is 11.8 Å². The first kappa shape index (κ1) is 26.6. The van der Waals surface area contributed by atoms with Crippen LogP contribution < -0.4 is 9.47 Å². The zero-order chi connectivity index (χ0) is 25.9. The fraction of sp³-hybridized carbons (Fsp3) is 0.480. The summed E-state index contributed by atoms with van der Waals surface area (Å²) >= 11 is 0. The molecule has 0 bridgehead atoms. The lowest BCUT2D eigenvalue weighted by Gasteiger charge is -2.38. The first-order chi connectivity index (χ1) is 16.5. The summed E-state index contributed by atoms with van der Waals surface area (Å²) in [6, 6.07) is 10.00. The molecule has 0 unspecified atom stereocenters. The molecule has 192 valence electrons. The molecule has 2 aromatic rings. The minimum atomic E-state index is -1.81. The van der Waals surface area contributed by atoms with Crippen LogP contribution in [0.4, 0.5) is 0 Å². The van der Waals surface area contributed by atoms with Gasteiger partial charge in [-0.1, -0.05) is 26.0 Å². The van der Waals surface area contributed by atoms with Gasteiger partial charge < -0.3 is 44.8 Å². The van der Waals surface area contributed by atoms with Gasteiger partial charge in [0.2, 0.25) is 6.29 Å². The third-order valence-electron chi connectivity index (χ3n) is 6.41. The number of aliphatic hydroxyl groups is 3. The van der Waals surface area contributed by atoms with Gasteiger partial charge in [0.05, 0.1) is 7.11 Å². The van der Waals surface area contributed by atoms with Crippen molar-refractivity contribution in [2.45, 2.75) is 57.4 Å². The SMILES string of the molecule is COc1ccc(C[C@@H](C)[C@@H](C)Cc2ccc(O)c(O)c2)cc1O[C@@H]1O[C@H](C(=O)O)[C@@H](O)[C@H](O)[C@H]1O. The van der Waals surface area contributed by atoms with Crippen LogP contribution in [0, 0.1) is 11.8 Å². The Labute approximate surface area is 202 Å². The highest BCUT2D eigenvalue weighted by Crippen LogP contribution is 2.34. The molecule has 0 saturated carbocycles. The van der Waals surface area contributed by atoms with Gasteiger partial charge in [0.15, 0.2) is 29.1 Å². The normalized spacial score (nSPS) is 26.1. The lowest BCUT2D eigenvalue weighted by molar-refractivity contribution is -0.271. The average molecular weight is 493 g/mol. The minimum absolute atomic E-state index is 0.158. The summed E-state index contributed by atoms with van der Waals surface area (Å²) < 4.78 is 16.2. The second-order valence-electron chi connectivity index (χ2n) is 9.02. The molecule has 1 saturated heterocycles. The van der Waals surface area contributed by atoms with Gasteiger partial charge in [-0.15, -0.1) is 0 Å². The number of carboxylic acid groups (broad SMARTS) is 1.